The van der Waals surface area contributed by atoms with Crippen LogP contribution in [0.25, 0.3) is 0 Å². The molecular formula is C14H19NO2. The molecule has 1 aromatic heterocycles. The first kappa shape index (κ1) is 12.1. The number of nitrogens with zero attached hydrogens (tertiary/aromatic N) is 1. The second-order valence-electron chi connectivity index (χ2n) is 6.22. The Labute approximate surface area is 102 Å². The van der Waals surface area contributed by atoms with E-state index in [-0.39, 0.29) is 16.7 Å². The molecule has 3 heteroatoms. The molecule has 2 atom stereocenters. The highest BCUT2D eigenvalue weighted by Crippen LogP contribution is 2.54. The summed E-state index contributed by atoms with van der Waals surface area (Å²) in [5, 5.41) is 9.06. The Morgan fingerprint density at radius 2 is 2.12 bits per heavy atom. The molecule has 0 bridgehead atoms. The van der Waals surface area contributed by atoms with Gasteiger partial charge in [0.2, 0.25) is 0 Å². The molecule has 3 nitrogen and oxygen atoms in total. The lowest BCUT2D eigenvalue weighted by atomic mass is 9.85. The summed E-state index contributed by atoms with van der Waals surface area (Å²) in [7, 11) is 0. The number of carboxylic acid groups (broad SMARTS) is 1. The molecule has 1 saturated carbocycles. The van der Waals surface area contributed by atoms with Crippen molar-refractivity contribution in [1.29, 1.82) is 0 Å². The van der Waals surface area contributed by atoms with Crippen molar-refractivity contribution in [1.82, 2.24) is 4.98 Å². The average molecular weight is 233 g/mol. The number of carboxylic acids is 1. The van der Waals surface area contributed by atoms with Crippen molar-refractivity contribution >= 4 is 5.97 Å². The van der Waals surface area contributed by atoms with Crippen LogP contribution >= 0.6 is 0 Å². The predicted molar refractivity (Wildman–Crippen MR) is 66.0 cm³/mol. The van der Waals surface area contributed by atoms with E-state index in [1.165, 1.54) is 0 Å². The molecule has 2 rings (SSSR count). The fraction of sp³-hybridized carbons (Fsp3) is 0.571. The maximum absolute atomic E-state index is 11.0. The van der Waals surface area contributed by atoms with Crippen molar-refractivity contribution in [2.24, 2.45) is 5.92 Å². The topological polar surface area (TPSA) is 50.2 Å². The third kappa shape index (κ3) is 2.06. The van der Waals surface area contributed by atoms with Gasteiger partial charge < -0.3 is 5.11 Å². The summed E-state index contributed by atoms with van der Waals surface area (Å²) in [6.45, 7) is 8.42. The first-order valence-electron chi connectivity index (χ1n) is 5.94. The molecule has 1 N–H and O–H groups in total. The lowest BCUT2D eigenvalue weighted by Gasteiger charge is -2.20. The van der Waals surface area contributed by atoms with Gasteiger partial charge in [0.15, 0.2) is 0 Å². The van der Waals surface area contributed by atoms with Gasteiger partial charge in [-0.05, 0) is 23.0 Å². The van der Waals surface area contributed by atoms with E-state index in [2.05, 4.69) is 31.8 Å². The summed E-state index contributed by atoms with van der Waals surface area (Å²) in [6, 6.07) is 2.11. The van der Waals surface area contributed by atoms with Crippen molar-refractivity contribution < 1.29 is 9.90 Å². The molecule has 1 aliphatic rings. The fourth-order valence-electron chi connectivity index (χ4n) is 2.21. The Hall–Kier alpha value is -1.38. The highest BCUT2D eigenvalue weighted by molar-refractivity contribution is 5.77. The molecule has 0 spiro atoms. The number of carbonyl (C=O) groups is 1. The van der Waals surface area contributed by atoms with Crippen LogP contribution in [0.3, 0.4) is 0 Å². The third-order valence-electron chi connectivity index (χ3n) is 3.80. The fourth-order valence-corrected chi connectivity index (χ4v) is 2.21. The molecule has 0 aliphatic heterocycles. The Morgan fingerprint density at radius 1 is 1.47 bits per heavy atom. The lowest BCUT2D eigenvalue weighted by molar-refractivity contribution is -0.138. The highest BCUT2D eigenvalue weighted by atomic mass is 16.4. The Kier molecular flexibility index (Phi) is 2.53. The van der Waals surface area contributed by atoms with E-state index in [4.69, 9.17) is 5.11 Å². The summed E-state index contributed by atoms with van der Waals surface area (Å²) in [6.07, 6.45) is 4.39. The van der Waals surface area contributed by atoms with Gasteiger partial charge in [0.1, 0.15) is 0 Å². The number of aromatic nitrogens is 1. The second-order valence-corrected chi connectivity index (χ2v) is 6.22. The maximum Gasteiger partial charge on any atom is 0.307 e. The minimum absolute atomic E-state index is 0.0486. The van der Waals surface area contributed by atoms with Crippen molar-refractivity contribution in [3.63, 3.8) is 0 Å². The zero-order valence-electron chi connectivity index (χ0n) is 10.8. The molecule has 1 heterocycles. The van der Waals surface area contributed by atoms with Crippen LogP contribution in [0.1, 0.15) is 45.2 Å². The molecule has 1 fully saturated rings. The van der Waals surface area contributed by atoms with Crippen molar-refractivity contribution in [3.8, 4) is 0 Å². The molecule has 0 amide bonds. The van der Waals surface area contributed by atoms with E-state index in [0.29, 0.717) is 0 Å². The van der Waals surface area contributed by atoms with E-state index >= 15 is 0 Å². The van der Waals surface area contributed by atoms with E-state index in [1.807, 2.05) is 13.1 Å². The summed E-state index contributed by atoms with van der Waals surface area (Å²) in [5.74, 6) is -0.951. The Bertz CT molecular complexity index is 462. The molecule has 1 aromatic rings. The predicted octanol–water partition coefficient (Wildman–Crippen LogP) is 2.74. The minimum atomic E-state index is -0.700. The van der Waals surface area contributed by atoms with Gasteiger partial charge in [0.25, 0.3) is 0 Å². The summed E-state index contributed by atoms with van der Waals surface area (Å²) < 4.78 is 0. The Balaban J connectivity index is 2.33. The van der Waals surface area contributed by atoms with E-state index in [9.17, 15) is 4.79 Å². The van der Waals surface area contributed by atoms with Gasteiger partial charge >= 0.3 is 5.97 Å². The zero-order valence-corrected chi connectivity index (χ0v) is 10.8. The Morgan fingerprint density at radius 3 is 2.59 bits per heavy atom. The summed E-state index contributed by atoms with van der Waals surface area (Å²) in [5.41, 5.74) is 2.04. The number of aliphatic carboxylic acids is 1. The molecular weight excluding hydrogens is 214 g/mol. The van der Waals surface area contributed by atoms with Crippen LogP contribution in [-0.4, -0.2) is 16.1 Å². The van der Waals surface area contributed by atoms with Crippen molar-refractivity contribution in [2.45, 2.75) is 44.9 Å². The first-order chi connectivity index (χ1) is 7.75. The quantitative estimate of drug-likeness (QED) is 0.854. The smallest absolute Gasteiger partial charge is 0.307 e. The number of hydrogen-bond donors (Lipinski definition) is 1. The van der Waals surface area contributed by atoms with Crippen LogP contribution in [0.4, 0.5) is 0 Å². The molecule has 0 radical (unpaired) electrons. The molecule has 2 unspecified atom stereocenters. The van der Waals surface area contributed by atoms with Crippen LogP contribution in [0, 0.1) is 5.92 Å². The standard InChI is InChI=1S/C14H19NO2/c1-13(2,3)9-5-10(8-15-7-9)14(4)6-11(14)12(16)17/h5,7-8,11H,6H2,1-4H3,(H,16,17). The van der Waals surface area contributed by atoms with E-state index in [0.717, 1.165) is 17.5 Å². The average Bonchev–Trinajstić information content (AvgIpc) is 2.92. The lowest BCUT2D eigenvalue weighted by Crippen LogP contribution is -2.15. The summed E-state index contributed by atoms with van der Waals surface area (Å²) >= 11 is 0. The van der Waals surface area contributed by atoms with Crippen LogP contribution in [0.5, 0.6) is 0 Å². The number of hydrogen-bond acceptors (Lipinski definition) is 2. The molecule has 17 heavy (non-hydrogen) atoms. The highest BCUT2D eigenvalue weighted by Gasteiger charge is 2.56. The third-order valence-corrected chi connectivity index (χ3v) is 3.80. The van der Waals surface area contributed by atoms with Gasteiger partial charge in [-0.1, -0.05) is 33.8 Å². The monoisotopic (exact) mass is 233 g/mol. The molecule has 92 valence electrons. The SMILES string of the molecule is CC(C)(C)c1cncc(C2(C)CC2C(=O)O)c1. The minimum Gasteiger partial charge on any atom is -0.481 e. The zero-order chi connectivity index (χ0) is 12.8. The normalized spacial score (nSPS) is 27.9. The first-order valence-corrected chi connectivity index (χ1v) is 5.94. The maximum atomic E-state index is 11.0. The van der Waals surface area contributed by atoms with E-state index < -0.39 is 5.97 Å². The van der Waals surface area contributed by atoms with Gasteiger partial charge in [-0.2, -0.15) is 0 Å². The van der Waals surface area contributed by atoms with Gasteiger partial charge in [-0.3, -0.25) is 9.78 Å². The summed E-state index contributed by atoms with van der Waals surface area (Å²) in [4.78, 5) is 15.3. The van der Waals surface area contributed by atoms with E-state index in [1.54, 1.807) is 6.20 Å². The van der Waals surface area contributed by atoms with Crippen molar-refractivity contribution in [2.75, 3.05) is 0 Å². The molecule has 0 aromatic carbocycles. The van der Waals surface area contributed by atoms with Crippen LogP contribution in [0.2, 0.25) is 0 Å². The van der Waals surface area contributed by atoms with Gasteiger partial charge in [-0.15, -0.1) is 0 Å². The number of pyridine rings is 1. The van der Waals surface area contributed by atoms with Crippen LogP contribution in [0.15, 0.2) is 18.5 Å². The largest absolute Gasteiger partial charge is 0.481 e. The number of rotatable bonds is 2. The van der Waals surface area contributed by atoms with Gasteiger partial charge in [0, 0.05) is 17.8 Å². The van der Waals surface area contributed by atoms with Crippen molar-refractivity contribution in [3.05, 3.63) is 29.6 Å². The van der Waals surface area contributed by atoms with Crippen LogP contribution in [-0.2, 0) is 15.6 Å². The van der Waals surface area contributed by atoms with Crippen LogP contribution < -0.4 is 0 Å². The second kappa shape index (κ2) is 3.56. The van der Waals surface area contributed by atoms with Gasteiger partial charge in [-0.25, -0.2) is 0 Å². The molecule has 0 saturated heterocycles. The van der Waals surface area contributed by atoms with Gasteiger partial charge in [0.05, 0.1) is 5.92 Å². The molecule has 1 aliphatic carbocycles.